The van der Waals surface area contributed by atoms with Crippen LogP contribution in [0, 0.1) is 5.92 Å². The van der Waals surface area contributed by atoms with E-state index in [9.17, 15) is 13.2 Å². The smallest absolute Gasteiger partial charge is 0.253 e. The number of rotatable bonds is 8. The lowest BCUT2D eigenvalue weighted by molar-refractivity contribution is 0.0997. The zero-order chi connectivity index (χ0) is 24.5. The van der Waals surface area contributed by atoms with Gasteiger partial charge in [-0.15, -0.1) is 11.3 Å². The summed E-state index contributed by atoms with van der Waals surface area (Å²) < 4.78 is 27.2. The van der Waals surface area contributed by atoms with Gasteiger partial charge >= 0.3 is 0 Å². The topological polar surface area (TPSA) is 118 Å². The van der Waals surface area contributed by atoms with Gasteiger partial charge in [-0.2, -0.15) is 0 Å². The highest BCUT2D eigenvalue weighted by Gasteiger charge is 2.40. The molecule has 0 saturated carbocycles. The van der Waals surface area contributed by atoms with Gasteiger partial charge in [-0.3, -0.25) is 4.79 Å². The Bertz CT molecular complexity index is 1290. The zero-order valence-electron chi connectivity index (χ0n) is 19.5. The standard InChI is InChI=1S/C24H29N5O3S2/c1-16-14-24(2,3)29(15-16)23-21(22(25)30)18(10-12-27-23)34(31,32)20-8-4-7-19(28-20)26-11-9-17-6-5-13-33-17/h4-8,10,12-13,16H,9,11,14-15H2,1-3H3,(H2,25,30)(H,26,28). The molecule has 3 aromatic rings. The summed E-state index contributed by atoms with van der Waals surface area (Å²) >= 11 is 1.67. The molecule has 1 saturated heterocycles. The molecule has 10 heteroatoms. The minimum absolute atomic E-state index is 0.0949. The van der Waals surface area contributed by atoms with Crippen LogP contribution in [0.25, 0.3) is 0 Å². The second-order valence-corrected chi connectivity index (χ2v) is 12.1. The molecule has 0 bridgehead atoms. The minimum Gasteiger partial charge on any atom is -0.370 e. The maximum Gasteiger partial charge on any atom is 0.253 e. The summed E-state index contributed by atoms with van der Waals surface area (Å²) in [5, 5.41) is 5.04. The van der Waals surface area contributed by atoms with Gasteiger partial charge in [0.05, 0.1) is 4.90 Å². The highest BCUT2D eigenvalue weighted by atomic mass is 32.2. The van der Waals surface area contributed by atoms with Crippen molar-refractivity contribution in [3.63, 3.8) is 0 Å². The maximum absolute atomic E-state index is 13.6. The molecule has 1 aliphatic rings. The van der Waals surface area contributed by atoms with Gasteiger partial charge in [0.25, 0.3) is 5.91 Å². The van der Waals surface area contributed by atoms with E-state index in [0.29, 0.717) is 30.6 Å². The number of anilines is 2. The third kappa shape index (κ3) is 4.78. The van der Waals surface area contributed by atoms with Crippen LogP contribution in [0.2, 0.25) is 0 Å². The van der Waals surface area contributed by atoms with E-state index in [1.807, 2.05) is 16.3 Å². The molecule has 1 fully saturated rings. The van der Waals surface area contributed by atoms with E-state index in [1.54, 1.807) is 23.5 Å². The van der Waals surface area contributed by atoms with Crippen molar-refractivity contribution in [2.45, 2.75) is 49.1 Å². The second-order valence-electron chi connectivity index (χ2n) is 9.22. The normalized spacial score (nSPS) is 17.6. The lowest BCUT2D eigenvalue weighted by atomic mass is 9.97. The van der Waals surface area contributed by atoms with Crippen molar-refractivity contribution in [1.82, 2.24) is 9.97 Å². The summed E-state index contributed by atoms with van der Waals surface area (Å²) in [6, 6.07) is 10.1. The van der Waals surface area contributed by atoms with E-state index in [2.05, 4.69) is 42.1 Å². The molecule has 1 atom stereocenters. The first-order valence-electron chi connectivity index (χ1n) is 11.1. The summed E-state index contributed by atoms with van der Waals surface area (Å²) in [5.41, 5.74) is 5.34. The number of nitrogens with zero attached hydrogens (tertiary/aromatic N) is 3. The molecule has 8 nitrogen and oxygen atoms in total. The molecule has 3 aromatic heterocycles. The van der Waals surface area contributed by atoms with Crippen molar-refractivity contribution in [3.8, 4) is 0 Å². The first kappa shape index (κ1) is 24.2. The lowest BCUT2D eigenvalue weighted by Crippen LogP contribution is -2.40. The van der Waals surface area contributed by atoms with Crippen molar-refractivity contribution in [2.24, 2.45) is 11.7 Å². The van der Waals surface area contributed by atoms with Crippen LogP contribution in [-0.4, -0.2) is 42.9 Å². The molecular formula is C24H29N5O3S2. The van der Waals surface area contributed by atoms with Crippen LogP contribution in [0.5, 0.6) is 0 Å². The third-order valence-corrected chi connectivity index (χ3v) is 8.65. The number of amides is 1. The number of nitrogens with one attached hydrogen (secondary N) is 1. The summed E-state index contributed by atoms with van der Waals surface area (Å²) in [6.07, 6.45) is 3.11. The molecule has 4 rings (SSSR count). The SMILES string of the molecule is CC1CN(c2nccc(S(=O)(=O)c3cccc(NCCc4cccs4)n3)c2C(N)=O)C(C)(C)C1. The zero-order valence-corrected chi connectivity index (χ0v) is 21.1. The number of hydrogen-bond donors (Lipinski definition) is 2. The van der Waals surface area contributed by atoms with Crippen LogP contribution < -0.4 is 16.0 Å². The van der Waals surface area contributed by atoms with E-state index in [-0.39, 0.29) is 21.0 Å². The molecule has 1 amide bonds. The number of thiophene rings is 1. The first-order valence-corrected chi connectivity index (χ1v) is 13.5. The van der Waals surface area contributed by atoms with Crippen LogP contribution in [0.1, 0.15) is 42.4 Å². The molecule has 3 N–H and O–H groups in total. The fraction of sp³-hybridized carbons (Fsp3) is 0.375. The molecule has 0 spiro atoms. The average Bonchev–Trinajstić information content (AvgIpc) is 3.39. The Morgan fingerprint density at radius 1 is 1.26 bits per heavy atom. The number of nitrogens with two attached hydrogens (primary N) is 1. The van der Waals surface area contributed by atoms with E-state index in [4.69, 9.17) is 5.73 Å². The maximum atomic E-state index is 13.6. The van der Waals surface area contributed by atoms with Crippen LogP contribution in [0.3, 0.4) is 0 Å². The molecule has 1 unspecified atom stereocenters. The minimum atomic E-state index is -4.12. The summed E-state index contributed by atoms with van der Waals surface area (Å²) in [5.74, 6) is 0.286. The van der Waals surface area contributed by atoms with Crippen LogP contribution in [0.4, 0.5) is 11.6 Å². The number of sulfone groups is 1. The quantitative estimate of drug-likeness (QED) is 0.484. The van der Waals surface area contributed by atoms with Crippen LogP contribution >= 0.6 is 11.3 Å². The Balaban J connectivity index is 1.68. The van der Waals surface area contributed by atoms with Gasteiger partial charge < -0.3 is 16.0 Å². The Hall–Kier alpha value is -2.98. The molecular weight excluding hydrogens is 470 g/mol. The molecule has 34 heavy (non-hydrogen) atoms. The number of carbonyl (C=O) groups is 1. The molecule has 1 aliphatic heterocycles. The largest absolute Gasteiger partial charge is 0.370 e. The van der Waals surface area contributed by atoms with Crippen LogP contribution in [-0.2, 0) is 16.3 Å². The van der Waals surface area contributed by atoms with E-state index in [1.165, 1.54) is 23.2 Å². The highest BCUT2D eigenvalue weighted by molar-refractivity contribution is 7.91. The van der Waals surface area contributed by atoms with Gasteiger partial charge in [0.1, 0.15) is 17.2 Å². The van der Waals surface area contributed by atoms with Crippen LogP contribution in [0.15, 0.2) is 57.9 Å². The van der Waals surface area contributed by atoms with E-state index < -0.39 is 15.7 Å². The molecule has 4 heterocycles. The number of hydrogen-bond acceptors (Lipinski definition) is 8. The van der Waals surface area contributed by atoms with Crippen molar-refractivity contribution in [2.75, 3.05) is 23.3 Å². The van der Waals surface area contributed by atoms with E-state index in [0.717, 1.165) is 12.8 Å². The fourth-order valence-electron chi connectivity index (χ4n) is 4.60. The number of aromatic nitrogens is 2. The van der Waals surface area contributed by atoms with Gasteiger partial charge in [-0.25, -0.2) is 18.4 Å². The Labute approximate surface area is 204 Å². The predicted octanol–water partition coefficient (Wildman–Crippen LogP) is 3.75. The van der Waals surface area contributed by atoms with Crippen molar-refractivity contribution in [3.05, 3.63) is 58.4 Å². The number of primary amides is 1. The average molecular weight is 500 g/mol. The summed E-state index contributed by atoms with van der Waals surface area (Å²) in [4.78, 5) is 24.3. The number of pyridine rings is 2. The monoisotopic (exact) mass is 499 g/mol. The predicted molar refractivity (Wildman–Crippen MR) is 134 cm³/mol. The Kier molecular flexibility index (Phi) is 6.64. The second kappa shape index (κ2) is 9.34. The molecule has 180 valence electrons. The Morgan fingerprint density at radius 2 is 2.06 bits per heavy atom. The molecule has 0 aromatic carbocycles. The van der Waals surface area contributed by atoms with Crippen molar-refractivity contribution in [1.29, 1.82) is 0 Å². The molecule has 0 aliphatic carbocycles. The van der Waals surface area contributed by atoms with Gasteiger partial charge in [0.15, 0.2) is 5.03 Å². The number of carbonyl (C=O) groups excluding carboxylic acids is 1. The molecule has 0 radical (unpaired) electrons. The first-order chi connectivity index (χ1) is 16.1. The third-order valence-electron chi connectivity index (χ3n) is 6.01. The lowest BCUT2D eigenvalue weighted by Gasteiger charge is -2.33. The fourth-order valence-corrected chi connectivity index (χ4v) is 6.71. The van der Waals surface area contributed by atoms with Gasteiger partial charge in [-0.05, 0) is 62.3 Å². The van der Waals surface area contributed by atoms with Gasteiger partial charge in [0, 0.05) is 29.7 Å². The van der Waals surface area contributed by atoms with Gasteiger partial charge in [-0.1, -0.05) is 19.1 Å². The van der Waals surface area contributed by atoms with E-state index >= 15 is 0 Å². The summed E-state index contributed by atoms with van der Waals surface area (Å²) in [6.45, 7) is 7.50. The van der Waals surface area contributed by atoms with Gasteiger partial charge in [0.2, 0.25) is 9.84 Å². The van der Waals surface area contributed by atoms with Crippen molar-refractivity contribution >= 4 is 38.7 Å². The summed E-state index contributed by atoms with van der Waals surface area (Å²) in [7, 11) is -4.12. The van der Waals surface area contributed by atoms with Crippen molar-refractivity contribution < 1.29 is 13.2 Å². The Morgan fingerprint density at radius 3 is 2.71 bits per heavy atom. The highest BCUT2D eigenvalue weighted by Crippen LogP contribution is 2.39.